The Labute approximate surface area is 152 Å². The fraction of sp³-hybridized carbons (Fsp3) is 0.227. The quantitative estimate of drug-likeness (QED) is 0.628. The molecule has 3 aromatic carbocycles. The van der Waals surface area contributed by atoms with Gasteiger partial charge < -0.3 is 4.90 Å². The number of carbonyl (C=O) groups is 1. The second-order valence-electron chi connectivity index (χ2n) is 6.55. The zero-order valence-corrected chi connectivity index (χ0v) is 15.1. The van der Waals surface area contributed by atoms with E-state index in [0.29, 0.717) is 0 Å². The van der Waals surface area contributed by atoms with Gasteiger partial charge in [-0.1, -0.05) is 54.6 Å². The standard InChI is InChI=1S/C22H21NOS/c1-16(25-21-11-10-17-6-2-4-8-19(17)14-21)22(24)23-13-12-18-7-3-5-9-20(18)15-23/h2-11,14,16H,12-13,15H2,1H3/t16-/m1/s1. The summed E-state index contributed by atoms with van der Waals surface area (Å²) >= 11 is 1.65. The van der Waals surface area contributed by atoms with E-state index in [-0.39, 0.29) is 11.2 Å². The highest BCUT2D eigenvalue weighted by Gasteiger charge is 2.25. The third-order valence-corrected chi connectivity index (χ3v) is 5.91. The van der Waals surface area contributed by atoms with Crippen LogP contribution in [0.15, 0.2) is 71.6 Å². The third-order valence-electron chi connectivity index (χ3n) is 4.82. The number of hydrogen-bond acceptors (Lipinski definition) is 2. The number of nitrogens with zero attached hydrogens (tertiary/aromatic N) is 1. The summed E-state index contributed by atoms with van der Waals surface area (Å²) in [4.78, 5) is 16.0. The molecule has 1 amide bonds. The summed E-state index contributed by atoms with van der Waals surface area (Å²) < 4.78 is 0. The Morgan fingerprint density at radius 2 is 1.68 bits per heavy atom. The van der Waals surface area contributed by atoms with Crippen LogP contribution in [0, 0.1) is 0 Å². The molecule has 3 aromatic rings. The molecule has 0 N–H and O–H groups in total. The van der Waals surface area contributed by atoms with Gasteiger partial charge in [-0.25, -0.2) is 0 Å². The van der Waals surface area contributed by atoms with Crippen molar-refractivity contribution < 1.29 is 4.79 Å². The molecule has 0 unspecified atom stereocenters. The largest absolute Gasteiger partial charge is 0.337 e. The van der Waals surface area contributed by atoms with E-state index in [4.69, 9.17) is 0 Å². The van der Waals surface area contributed by atoms with Crippen molar-refractivity contribution in [2.45, 2.75) is 30.0 Å². The van der Waals surface area contributed by atoms with Crippen LogP contribution in [0.4, 0.5) is 0 Å². The lowest BCUT2D eigenvalue weighted by molar-refractivity contribution is -0.131. The molecule has 0 aromatic heterocycles. The van der Waals surface area contributed by atoms with Crippen molar-refractivity contribution >= 4 is 28.4 Å². The molecule has 1 heterocycles. The Kier molecular flexibility index (Phi) is 4.50. The van der Waals surface area contributed by atoms with Crippen LogP contribution < -0.4 is 0 Å². The highest BCUT2D eigenvalue weighted by atomic mass is 32.2. The van der Waals surface area contributed by atoms with Gasteiger partial charge in [-0.05, 0) is 47.4 Å². The van der Waals surface area contributed by atoms with E-state index in [0.717, 1.165) is 24.4 Å². The molecule has 3 heteroatoms. The van der Waals surface area contributed by atoms with Crippen LogP contribution in [0.2, 0.25) is 0 Å². The lowest BCUT2D eigenvalue weighted by Gasteiger charge is -2.30. The maximum absolute atomic E-state index is 12.9. The van der Waals surface area contributed by atoms with E-state index in [1.807, 2.05) is 11.8 Å². The SMILES string of the molecule is C[C@@H](Sc1ccc2ccccc2c1)C(=O)N1CCc2ccccc2C1. The minimum absolute atomic E-state index is 0.0774. The molecule has 4 rings (SSSR count). The first-order valence-corrected chi connectivity index (χ1v) is 9.60. The number of rotatable bonds is 3. The fourth-order valence-electron chi connectivity index (χ4n) is 3.44. The molecule has 1 atom stereocenters. The molecule has 25 heavy (non-hydrogen) atoms. The molecule has 2 nitrogen and oxygen atoms in total. The summed E-state index contributed by atoms with van der Waals surface area (Å²) in [5, 5.41) is 2.38. The van der Waals surface area contributed by atoms with E-state index < -0.39 is 0 Å². The lowest BCUT2D eigenvalue weighted by Crippen LogP contribution is -2.40. The summed E-state index contributed by atoms with van der Waals surface area (Å²) in [5.74, 6) is 0.229. The maximum Gasteiger partial charge on any atom is 0.236 e. The number of hydrogen-bond donors (Lipinski definition) is 0. The van der Waals surface area contributed by atoms with Crippen molar-refractivity contribution in [2.75, 3.05) is 6.54 Å². The zero-order chi connectivity index (χ0) is 17.2. The van der Waals surface area contributed by atoms with Crippen LogP contribution in [0.1, 0.15) is 18.1 Å². The lowest BCUT2D eigenvalue weighted by atomic mass is 10.00. The first-order chi connectivity index (χ1) is 12.2. The fourth-order valence-corrected chi connectivity index (χ4v) is 4.44. The van der Waals surface area contributed by atoms with Gasteiger partial charge in [0, 0.05) is 18.0 Å². The van der Waals surface area contributed by atoms with Gasteiger partial charge in [0.15, 0.2) is 0 Å². The molecule has 1 aliphatic rings. The van der Waals surface area contributed by atoms with Crippen LogP contribution >= 0.6 is 11.8 Å². The van der Waals surface area contributed by atoms with E-state index in [2.05, 4.69) is 66.7 Å². The Bertz CT molecular complexity index is 921. The highest BCUT2D eigenvalue weighted by molar-refractivity contribution is 8.00. The van der Waals surface area contributed by atoms with E-state index in [1.54, 1.807) is 11.8 Å². The van der Waals surface area contributed by atoms with Crippen molar-refractivity contribution in [2.24, 2.45) is 0 Å². The van der Waals surface area contributed by atoms with Gasteiger partial charge in [0.2, 0.25) is 5.91 Å². The molecular weight excluding hydrogens is 326 g/mol. The van der Waals surface area contributed by atoms with Crippen molar-refractivity contribution in [1.82, 2.24) is 4.90 Å². The van der Waals surface area contributed by atoms with Crippen LogP contribution in [-0.2, 0) is 17.8 Å². The highest BCUT2D eigenvalue weighted by Crippen LogP contribution is 2.29. The molecule has 0 saturated heterocycles. The molecule has 126 valence electrons. The van der Waals surface area contributed by atoms with Crippen molar-refractivity contribution in [3.8, 4) is 0 Å². The van der Waals surface area contributed by atoms with Crippen molar-refractivity contribution in [1.29, 1.82) is 0 Å². The first-order valence-electron chi connectivity index (χ1n) is 8.72. The molecule has 0 saturated carbocycles. The molecule has 0 radical (unpaired) electrons. The molecular formula is C22H21NOS. The molecule has 0 aliphatic carbocycles. The van der Waals surface area contributed by atoms with Gasteiger partial charge in [-0.2, -0.15) is 0 Å². The van der Waals surface area contributed by atoms with Crippen LogP contribution in [-0.4, -0.2) is 22.6 Å². The van der Waals surface area contributed by atoms with Crippen LogP contribution in [0.25, 0.3) is 10.8 Å². The van der Waals surface area contributed by atoms with Crippen LogP contribution in [0.5, 0.6) is 0 Å². The monoisotopic (exact) mass is 347 g/mol. The molecule has 0 fully saturated rings. The topological polar surface area (TPSA) is 20.3 Å². The summed E-state index contributed by atoms with van der Waals surface area (Å²) in [6.45, 7) is 3.57. The number of carbonyl (C=O) groups excluding carboxylic acids is 1. The summed E-state index contributed by atoms with van der Waals surface area (Å²) in [6.07, 6.45) is 0.954. The van der Waals surface area contributed by atoms with Gasteiger partial charge >= 0.3 is 0 Å². The van der Waals surface area contributed by atoms with Crippen LogP contribution in [0.3, 0.4) is 0 Å². The Morgan fingerprint density at radius 1 is 0.960 bits per heavy atom. The number of amides is 1. The smallest absolute Gasteiger partial charge is 0.236 e. The van der Waals surface area contributed by atoms with Gasteiger partial charge in [0.1, 0.15) is 0 Å². The second kappa shape index (κ2) is 6.93. The van der Waals surface area contributed by atoms with Gasteiger partial charge in [0.05, 0.1) is 5.25 Å². The summed E-state index contributed by atoms with van der Waals surface area (Å²) in [5.41, 5.74) is 2.66. The predicted molar refractivity (Wildman–Crippen MR) is 105 cm³/mol. The Hall–Kier alpha value is -2.26. The van der Waals surface area contributed by atoms with Crippen molar-refractivity contribution in [3.63, 3.8) is 0 Å². The van der Waals surface area contributed by atoms with Crippen molar-refractivity contribution in [3.05, 3.63) is 77.9 Å². The van der Waals surface area contributed by atoms with E-state index >= 15 is 0 Å². The molecule has 0 spiro atoms. The number of thioether (sulfide) groups is 1. The maximum atomic E-state index is 12.9. The molecule has 0 bridgehead atoms. The first kappa shape index (κ1) is 16.2. The second-order valence-corrected chi connectivity index (χ2v) is 7.96. The number of benzene rings is 3. The van der Waals surface area contributed by atoms with Gasteiger partial charge in [-0.3, -0.25) is 4.79 Å². The summed E-state index contributed by atoms with van der Waals surface area (Å²) in [7, 11) is 0. The normalized spacial score (nSPS) is 15.0. The number of fused-ring (bicyclic) bond motifs is 2. The summed E-state index contributed by atoms with van der Waals surface area (Å²) in [6, 6.07) is 23.2. The zero-order valence-electron chi connectivity index (χ0n) is 14.3. The van der Waals surface area contributed by atoms with Gasteiger partial charge in [-0.15, -0.1) is 11.8 Å². The van der Waals surface area contributed by atoms with Gasteiger partial charge in [0.25, 0.3) is 0 Å². The minimum Gasteiger partial charge on any atom is -0.337 e. The predicted octanol–water partition coefficient (Wildman–Crippen LogP) is 4.91. The Morgan fingerprint density at radius 3 is 2.52 bits per heavy atom. The third kappa shape index (κ3) is 3.42. The van der Waals surface area contributed by atoms with E-state index in [1.165, 1.54) is 21.9 Å². The van der Waals surface area contributed by atoms with E-state index in [9.17, 15) is 4.79 Å². The molecule has 1 aliphatic heterocycles. The Balaban J connectivity index is 1.47. The average molecular weight is 347 g/mol. The average Bonchev–Trinajstić information content (AvgIpc) is 2.67. The minimum atomic E-state index is -0.0774.